The van der Waals surface area contributed by atoms with E-state index >= 15 is 0 Å². The molecule has 3 rings (SSSR count). The summed E-state index contributed by atoms with van der Waals surface area (Å²) < 4.78 is 33.2. The summed E-state index contributed by atoms with van der Waals surface area (Å²) in [5.74, 6) is -0.852. The van der Waals surface area contributed by atoms with Gasteiger partial charge >= 0.3 is 0 Å². The fraction of sp³-hybridized carbons (Fsp3) is 0.333. The molecule has 0 aliphatic carbocycles. The van der Waals surface area contributed by atoms with Gasteiger partial charge in [0.05, 0.1) is 17.9 Å². The Kier molecular flexibility index (Phi) is 7.89. The molecule has 0 radical (unpaired) electrons. The number of halogens is 1. The Balaban J connectivity index is 1.88. The third kappa shape index (κ3) is 5.53. The minimum atomic E-state index is -3.97. The number of benzene rings is 2. The molecule has 0 aliphatic heterocycles. The van der Waals surface area contributed by atoms with Crippen molar-refractivity contribution in [1.82, 2.24) is 9.29 Å². The van der Waals surface area contributed by atoms with Crippen LogP contribution in [0.5, 0.6) is 5.75 Å². The summed E-state index contributed by atoms with van der Waals surface area (Å²) >= 11 is 6.21. The average Bonchev–Trinajstić information content (AvgIpc) is 3.10. The van der Waals surface area contributed by atoms with Crippen molar-refractivity contribution in [2.45, 2.75) is 33.6 Å². The fourth-order valence-corrected chi connectivity index (χ4v) is 5.53. The van der Waals surface area contributed by atoms with E-state index in [2.05, 4.69) is 5.32 Å². The van der Waals surface area contributed by atoms with Crippen LogP contribution in [0, 0.1) is 13.8 Å². The van der Waals surface area contributed by atoms with Gasteiger partial charge < -0.3 is 15.8 Å². The number of carbonyl (C=O) groups excluding carboxylic acids is 2. The Labute approximate surface area is 204 Å². The van der Waals surface area contributed by atoms with E-state index < -0.39 is 15.9 Å². The molecule has 0 atom stereocenters. The molecule has 0 aliphatic rings. The number of hydrogen-bond donors (Lipinski definition) is 2. The van der Waals surface area contributed by atoms with Gasteiger partial charge in [0.1, 0.15) is 11.4 Å². The van der Waals surface area contributed by atoms with E-state index in [-0.39, 0.29) is 23.9 Å². The SMILES string of the molecule is CC(=O)NCCS(=O)(=O)n1c(C(N)=O)c(CCCOc2cc(C)c(Cl)c(C)c2)c2ccccc21. The molecule has 0 bridgehead atoms. The largest absolute Gasteiger partial charge is 0.494 e. The summed E-state index contributed by atoms with van der Waals surface area (Å²) in [5.41, 5.74) is 8.35. The smallest absolute Gasteiger partial charge is 0.266 e. The number of aromatic nitrogens is 1. The monoisotopic (exact) mass is 505 g/mol. The normalized spacial score (nSPS) is 11.5. The zero-order valence-corrected chi connectivity index (χ0v) is 20.9. The third-order valence-electron chi connectivity index (χ3n) is 5.43. The number of ether oxygens (including phenoxy) is 1. The van der Waals surface area contributed by atoms with Gasteiger partial charge in [-0.15, -0.1) is 0 Å². The van der Waals surface area contributed by atoms with Crippen LogP contribution >= 0.6 is 11.6 Å². The van der Waals surface area contributed by atoms with Crippen molar-refractivity contribution in [3.05, 3.63) is 63.8 Å². The number of para-hydroxylation sites is 1. The van der Waals surface area contributed by atoms with Gasteiger partial charge in [0.2, 0.25) is 15.9 Å². The van der Waals surface area contributed by atoms with Crippen molar-refractivity contribution < 1.29 is 22.7 Å². The third-order valence-corrected chi connectivity index (χ3v) is 7.68. The quantitative estimate of drug-likeness (QED) is 0.409. The van der Waals surface area contributed by atoms with Crippen molar-refractivity contribution in [2.24, 2.45) is 5.73 Å². The molecule has 2 amide bonds. The maximum Gasteiger partial charge on any atom is 0.266 e. The topological polar surface area (TPSA) is 120 Å². The Hall–Kier alpha value is -3.04. The maximum atomic E-state index is 13.1. The molecule has 0 unspecified atom stereocenters. The molecule has 1 aromatic heterocycles. The number of carbonyl (C=O) groups is 2. The minimum absolute atomic E-state index is 0.0674. The molecule has 0 saturated carbocycles. The first kappa shape index (κ1) is 25.6. The average molecular weight is 506 g/mol. The predicted molar refractivity (Wildman–Crippen MR) is 133 cm³/mol. The van der Waals surface area contributed by atoms with E-state index in [9.17, 15) is 18.0 Å². The lowest BCUT2D eigenvalue weighted by Gasteiger charge is -2.12. The molecule has 182 valence electrons. The highest BCUT2D eigenvalue weighted by Crippen LogP contribution is 2.30. The second kappa shape index (κ2) is 10.5. The molecule has 8 nitrogen and oxygen atoms in total. The van der Waals surface area contributed by atoms with Crippen molar-refractivity contribution >= 4 is 44.3 Å². The first-order valence-electron chi connectivity index (χ1n) is 10.8. The molecule has 0 fully saturated rings. The van der Waals surface area contributed by atoms with E-state index in [0.29, 0.717) is 46.7 Å². The van der Waals surface area contributed by atoms with Crippen molar-refractivity contribution in [3.63, 3.8) is 0 Å². The summed E-state index contributed by atoms with van der Waals surface area (Å²) in [6, 6.07) is 10.6. The van der Waals surface area contributed by atoms with Gasteiger partial charge in [0, 0.05) is 23.9 Å². The maximum absolute atomic E-state index is 13.1. The van der Waals surface area contributed by atoms with Gasteiger partial charge in [-0.1, -0.05) is 29.8 Å². The van der Waals surface area contributed by atoms with E-state index in [0.717, 1.165) is 15.1 Å². The van der Waals surface area contributed by atoms with Gasteiger partial charge in [0.25, 0.3) is 5.91 Å². The van der Waals surface area contributed by atoms with Crippen molar-refractivity contribution in [3.8, 4) is 5.75 Å². The number of nitrogens with one attached hydrogen (secondary N) is 1. The highest BCUT2D eigenvalue weighted by molar-refractivity contribution is 7.90. The second-order valence-corrected chi connectivity index (χ2v) is 10.4. The second-order valence-electron chi connectivity index (χ2n) is 8.10. The number of rotatable bonds is 10. The number of nitrogens with zero attached hydrogens (tertiary/aromatic N) is 1. The van der Waals surface area contributed by atoms with Crippen molar-refractivity contribution in [1.29, 1.82) is 0 Å². The van der Waals surface area contributed by atoms with E-state index in [1.165, 1.54) is 6.92 Å². The Morgan fingerprint density at radius 2 is 1.79 bits per heavy atom. The zero-order valence-electron chi connectivity index (χ0n) is 19.4. The van der Waals surface area contributed by atoms with Crippen LogP contribution in [0.2, 0.25) is 5.02 Å². The Morgan fingerprint density at radius 1 is 1.15 bits per heavy atom. The van der Waals surface area contributed by atoms with Crippen LogP contribution in [0.25, 0.3) is 10.9 Å². The number of fused-ring (bicyclic) bond motifs is 1. The van der Waals surface area contributed by atoms with E-state index in [1.807, 2.05) is 26.0 Å². The molecule has 0 spiro atoms. The lowest BCUT2D eigenvalue weighted by atomic mass is 10.1. The summed E-state index contributed by atoms with van der Waals surface area (Å²) in [7, 11) is -3.97. The Bertz CT molecular complexity index is 1330. The molecule has 3 N–H and O–H groups in total. The van der Waals surface area contributed by atoms with E-state index in [4.69, 9.17) is 22.1 Å². The van der Waals surface area contributed by atoms with Crippen LogP contribution < -0.4 is 15.8 Å². The molecule has 10 heteroatoms. The summed E-state index contributed by atoms with van der Waals surface area (Å²) in [6.07, 6.45) is 0.916. The van der Waals surface area contributed by atoms with Gasteiger partial charge in [-0.2, -0.15) is 0 Å². The first-order valence-corrected chi connectivity index (χ1v) is 12.8. The standard InChI is InChI=1S/C24H28ClN3O5S/c1-15-13-18(14-16(2)22(15)25)33-11-6-8-20-19-7-4-5-9-21(19)28(23(20)24(26)30)34(31,32)12-10-27-17(3)29/h4-5,7,9,13-14H,6,8,10-12H2,1-3H3,(H2,26,30)(H,27,29). The van der Waals surface area contributed by atoms with Crippen LogP contribution in [0.1, 0.15) is 40.5 Å². The molecular weight excluding hydrogens is 478 g/mol. The lowest BCUT2D eigenvalue weighted by molar-refractivity contribution is -0.118. The zero-order chi connectivity index (χ0) is 25.0. The van der Waals surface area contributed by atoms with E-state index in [1.54, 1.807) is 24.3 Å². The molecule has 2 aromatic carbocycles. The molecular formula is C24H28ClN3O5S. The Morgan fingerprint density at radius 3 is 2.41 bits per heavy atom. The number of amides is 2. The summed E-state index contributed by atoms with van der Waals surface area (Å²) in [5, 5.41) is 3.81. The number of hydrogen-bond acceptors (Lipinski definition) is 5. The van der Waals surface area contributed by atoms with Crippen LogP contribution in [-0.2, 0) is 21.2 Å². The molecule has 1 heterocycles. The van der Waals surface area contributed by atoms with Gasteiger partial charge in [0.15, 0.2) is 0 Å². The molecule has 3 aromatic rings. The van der Waals surface area contributed by atoms with Gasteiger partial charge in [-0.3, -0.25) is 9.59 Å². The number of aryl methyl sites for hydroxylation is 3. The predicted octanol–water partition coefficient (Wildman–Crippen LogP) is 3.34. The molecule has 0 saturated heterocycles. The molecule has 34 heavy (non-hydrogen) atoms. The number of primary amides is 1. The van der Waals surface area contributed by atoms with Gasteiger partial charge in [-0.05, 0) is 61.6 Å². The van der Waals surface area contributed by atoms with Crippen LogP contribution in [0.3, 0.4) is 0 Å². The summed E-state index contributed by atoms with van der Waals surface area (Å²) in [4.78, 5) is 23.6. The number of nitrogens with two attached hydrogens (primary N) is 1. The highest BCUT2D eigenvalue weighted by Gasteiger charge is 2.27. The van der Waals surface area contributed by atoms with Crippen LogP contribution in [0.4, 0.5) is 0 Å². The minimum Gasteiger partial charge on any atom is -0.494 e. The fourth-order valence-electron chi connectivity index (χ4n) is 3.94. The van der Waals surface area contributed by atoms with Crippen LogP contribution in [0.15, 0.2) is 36.4 Å². The highest BCUT2D eigenvalue weighted by atomic mass is 35.5. The first-order chi connectivity index (χ1) is 16.0. The van der Waals surface area contributed by atoms with Crippen molar-refractivity contribution in [2.75, 3.05) is 18.9 Å². The van der Waals surface area contributed by atoms with Gasteiger partial charge in [-0.25, -0.2) is 12.4 Å². The summed E-state index contributed by atoms with van der Waals surface area (Å²) in [6.45, 7) is 5.39. The lowest BCUT2D eigenvalue weighted by Crippen LogP contribution is -2.31. The van der Waals surface area contributed by atoms with Crippen LogP contribution in [-0.4, -0.2) is 43.1 Å².